The number of carbonyl (C=O) groups excluding carboxylic acids is 1. The molecule has 0 aliphatic rings. The first-order valence-electron chi connectivity index (χ1n) is 7.13. The topological polar surface area (TPSA) is 44.0 Å². The van der Waals surface area contributed by atoms with Crippen LogP contribution in [0.2, 0.25) is 0 Å². The quantitative estimate of drug-likeness (QED) is 0.848. The summed E-state index contributed by atoms with van der Waals surface area (Å²) < 4.78 is 40.0. The summed E-state index contributed by atoms with van der Waals surface area (Å²) in [6, 6.07) is 10.3. The van der Waals surface area contributed by atoms with Gasteiger partial charge in [-0.1, -0.05) is 25.1 Å². The molecule has 0 saturated heterocycles. The average Bonchev–Trinajstić information content (AvgIpc) is 2.73. The maximum atomic E-state index is 12.3. The summed E-state index contributed by atoms with van der Waals surface area (Å²) in [6.45, 7) is 1.56. The number of carbonyl (C=O) groups is 1. The third-order valence-electron chi connectivity index (χ3n) is 3.62. The largest absolute Gasteiger partial charge is 0.449 e. The highest BCUT2D eigenvalue weighted by Gasteiger charge is 2.38. The molecule has 2 rings (SSSR count). The van der Waals surface area contributed by atoms with Crippen molar-refractivity contribution in [2.45, 2.75) is 25.9 Å². The Bertz CT molecular complexity index is 745. The lowest BCUT2D eigenvalue weighted by atomic mass is 9.99. The van der Waals surface area contributed by atoms with Gasteiger partial charge in [0.1, 0.15) is 0 Å². The van der Waals surface area contributed by atoms with E-state index in [9.17, 15) is 22.8 Å². The molecule has 0 aliphatic carbocycles. The number of ketones is 1. The van der Waals surface area contributed by atoms with Gasteiger partial charge in [0.05, 0.1) is 5.69 Å². The number of hydrogen-bond donors (Lipinski definition) is 0. The van der Waals surface area contributed by atoms with E-state index >= 15 is 0 Å². The Morgan fingerprint density at radius 3 is 2.39 bits per heavy atom. The van der Waals surface area contributed by atoms with Crippen molar-refractivity contribution in [3.8, 4) is 5.69 Å². The van der Waals surface area contributed by atoms with Gasteiger partial charge in [0.25, 0.3) is 5.56 Å². The lowest BCUT2D eigenvalue weighted by Gasteiger charge is -2.14. The number of halogens is 3. The Morgan fingerprint density at radius 2 is 1.83 bits per heavy atom. The Balaban J connectivity index is 2.20. The number of nitrogens with zero attached hydrogens (tertiary/aromatic N) is 2. The monoisotopic (exact) mass is 326 g/mol. The maximum absolute atomic E-state index is 12.3. The summed E-state index contributed by atoms with van der Waals surface area (Å²) in [6.07, 6.45) is -5.18. The fourth-order valence-electron chi connectivity index (χ4n) is 2.50. The van der Waals surface area contributed by atoms with Crippen LogP contribution in [0.1, 0.15) is 19.0 Å². The SMILES string of the molecule is C[C@H](CC(=O)C(F)(F)F)Cc1cc(=O)n(-c2ccccc2)n1C. The highest BCUT2D eigenvalue weighted by atomic mass is 19.4. The molecule has 23 heavy (non-hydrogen) atoms. The van der Waals surface area contributed by atoms with Crippen LogP contribution >= 0.6 is 0 Å². The molecule has 0 amide bonds. The van der Waals surface area contributed by atoms with E-state index in [0.717, 1.165) is 0 Å². The molecule has 4 nitrogen and oxygen atoms in total. The minimum absolute atomic E-state index is 0.216. The first-order valence-corrected chi connectivity index (χ1v) is 7.13. The number of aromatic nitrogens is 2. The van der Waals surface area contributed by atoms with Crippen LogP contribution in [0.15, 0.2) is 41.2 Å². The summed E-state index contributed by atoms with van der Waals surface area (Å²) in [5.74, 6) is -2.25. The molecule has 0 radical (unpaired) electrons. The van der Waals surface area contributed by atoms with E-state index in [1.54, 1.807) is 42.9 Å². The molecule has 1 heterocycles. The summed E-state index contributed by atoms with van der Waals surface area (Å²) >= 11 is 0. The maximum Gasteiger partial charge on any atom is 0.449 e. The molecule has 1 aromatic heterocycles. The predicted octanol–water partition coefficient (Wildman–Crippen LogP) is 2.88. The Kier molecular flexibility index (Phi) is 4.77. The van der Waals surface area contributed by atoms with Gasteiger partial charge in [-0.15, -0.1) is 0 Å². The van der Waals surface area contributed by atoms with E-state index in [1.807, 2.05) is 6.07 Å². The molecule has 0 spiro atoms. The molecule has 0 saturated carbocycles. The average molecular weight is 326 g/mol. The zero-order chi connectivity index (χ0) is 17.2. The lowest BCUT2D eigenvalue weighted by Crippen LogP contribution is -2.25. The summed E-state index contributed by atoms with van der Waals surface area (Å²) in [4.78, 5) is 23.2. The first-order chi connectivity index (χ1) is 10.7. The Morgan fingerprint density at radius 1 is 1.22 bits per heavy atom. The van der Waals surface area contributed by atoms with E-state index in [4.69, 9.17) is 0 Å². The van der Waals surface area contributed by atoms with Crippen LogP contribution in [-0.2, 0) is 18.3 Å². The molecular weight excluding hydrogens is 309 g/mol. The number of Topliss-reactive ketones (excluding diaryl/α,β-unsaturated/α-hetero) is 1. The van der Waals surface area contributed by atoms with Crippen LogP contribution in [-0.4, -0.2) is 21.3 Å². The second-order valence-electron chi connectivity index (χ2n) is 5.58. The van der Waals surface area contributed by atoms with E-state index < -0.39 is 24.3 Å². The minimum Gasteiger partial charge on any atom is -0.290 e. The highest BCUT2D eigenvalue weighted by Crippen LogP contribution is 2.22. The normalized spacial score (nSPS) is 13.1. The highest BCUT2D eigenvalue weighted by molar-refractivity contribution is 5.84. The summed E-state index contributed by atoms with van der Waals surface area (Å²) in [5, 5.41) is 0. The minimum atomic E-state index is -4.81. The van der Waals surface area contributed by atoms with Gasteiger partial charge in [0, 0.05) is 25.2 Å². The second kappa shape index (κ2) is 6.44. The van der Waals surface area contributed by atoms with Crippen molar-refractivity contribution in [2.75, 3.05) is 0 Å². The van der Waals surface area contributed by atoms with Crippen LogP contribution in [0.3, 0.4) is 0 Å². The predicted molar refractivity (Wildman–Crippen MR) is 79.6 cm³/mol. The zero-order valence-electron chi connectivity index (χ0n) is 12.8. The van der Waals surface area contributed by atoms with E-state index in [2.05, 4.69) is 0 Å². The number of benzene rings is 1. The molecule has 0 N–H and O–H groups in total. The standard InChI is InChI=1S/C16H17F3N2O2/c1-11(9-14(22)16(17,18)19)8-13-10-15(23)21(20(13)2)12-6-4-3-5-7-12/h3-7,10-11H,8-9H2,1-2H3/t11-/m0/s1. The van der Waals surface area contributed by atoms with Crippen LogP contribution in [0.5, 0.6) is 0 Å². The van der Waals surface area contributed by atoms with Crippen molar-refractivity contribution in [3.05, 3.63) is 52.4 Å². The summed E-state index contributed by atoms with van der Waals surface area (Å²) in [5.41, 5.74) is 0.995. The van der Waals surface area contributed by atoms with Gasteiger partial charge in [0.15, 0.2) is 0 Å². The molecule has 1 atom stereocenters. The molecule has 0 fully saturated rings. The van der Waals surface area contributed by atoms with Crippen molar-refractivity contribution in [1.82, 2.24) is 9.36 Å². The van der Waals surface area contributed by atoms with Crippen LogP contribution in [0.25, 0.3) is 5.69 Å². The van der Waals surface area contributed by atoms with Crippen LogP contribution in [0.4, 0.5) is 13.2 Å². The second-order valence-corrected chi connectivity index (χ2v) is 5.58. The van der Waals surface area contributed by atoms with Crippen LogP contribution in [0, 0.1) is 5.92 Å². The number of para-hydroxylation sites is 1. The molecule has 0 aliphatic heterocycles. The van der Waals surface area contributed by atoms with Crippen molar-refractivity contribution in [3.63, 3.8) is 0 Å². The summed E-state index contributed by atoms with van der Waals surface area (Å²) in [7, 11) is 1.67. The fourth-order valence-corrected chi connectivity index (χ4v) is 2.50. The molecule has 1 aromatic carbocycles. The molecular formula is C16H17F3N2O2. The van der Waals surface area contributed by atoms with Gasteiger partial charge in [-0.3, -0.25) is 14.3 Å². The first kappa shape index (κ1) is 17.1. The van der Waals surface area contributed by atoms with Gasteiger partial charge in [0.2, 0.25) is 5.78 Å². The number of alkyl halides is 3. The molecule has 0 unspecified atom stereocenters. The fraction of sp³-hybridized carbons (Fsp3) is 0.375. The van der Waals surface area contributed by atoms with E-state index in [1.165, 1.54) is 10.7 Å². The van der Waals surface area contributed by atoms with Gasteiger partial charge < -0.3 is 0 Å². The molecule has 124 valence electrons. The van der Waals surface area contributed by atoms with Gasteiger partial charge >= 0.3 is 6.18 Å². The molecule has 7 heteroatoms. The van der Waals surface area contributed by atoms with Crippen molar-refractivity contribution < 1.29 is 18.0 Å². The van der Waals surface area contributed by atoms with Gasteiger partial charge in [-0.05, 0) is 24.5 Å². The Labute approximate surface area is 131 Å². The number of hydrogen-bond acceptors (Lipinski definition) is 2. The zero-order valence-corrected chi connectivity index (χ0v) is 12.8. The number of rotatable bonds is 5. The third kappa shape index (κ3) is 3.91. The van der Waals surface area contributed by atoms with Crippen LogP contribution < -0.4 is 5.56 Å². The van der Waals surface area contributed by atoms with Gasteiger partial charge in [-0.25, -0.2) is 4.68 Å². The van der Waals surface area contributed by atoms with Gasteiger partial charge in [-0.2, -0.15) is 13.2 Å². The van der Waals surface area contributed by atoms with Crippen molar-refractivity contribution in [1.29, 1.82) is 0 Å². The smallest absolute Gasteiger partial charge is 0.290 e. The molecule has 2 aromatic rings. The third-order valence-corrected chi connectivity index (χ3v) is 3.62. The lowest BCUT2D eigenvalue weighted by molar-refractivity contribution is -0.171. The Hall–Kier alpha value is -2.31. The van der Waals surface area contributed by atoms with Crippen molar-refractivity contribution >= 4 is 5.78 Å². The van der Waals surface area contributed by atoms with E-state index in [-0.39, 0.29) is 12.0 Å². The van der Waals surface area contributed by atoms with Crippen molar-refractivity contribution in [2.24, 2.45) is 13.0 Å². The van der Waals surface area contributed by atoms with E-state index in [0.29, 0.717) is 11.4 Å². The molecule has 0 bridgehead atoms.